The van der Waals surface area contributed by atoms with Gasteiger partial charge < -0.3 is 4.74 Å². The summed E-state index contributed by atoms with van der Waals surface area (Å²) in [6.45, 7) is 0.483. The second-order valence-corrected chi connectivity index (χ2v) is 8.97. The summed E-state index contributed by atoms with van der Waals surface area (Å²) >= 11 is 3.42. The first-order valence-electron chi connectivity index (χ1n) is 10.2. The van der Waals surface area contributed by atoms with Crippen LogP contribution >= 0.6 is 15.9 Å². The van der Waals surface area contributed by atoms with Gasteiger partial charge in [0.25, 0.3) is 11.8 Å². The Kier molecular flexibility index (Phi) is 5.03. The van der Waals surface area contributed by atoms with Gasteiger partial charge in [-0.2, -0.15) is 10.1 Å². The average Bonchev–Trinajstić information content (AvgIpc) is 3.05. The molecule has 4 atom stereocenters. The molecule has 2 fully saturated rings. The fourth-order valence-electron chi connectivity index (χ4n) is 4.69. The molecule has 3 aliphatic carbocycles. The maximum Gasteiger partial charge on any atom is 0.254 e. The fourth-order valence-corrected chi connectivity index (χ4v) is 4.96. The third-order valence-electron chi connectivity index (χ3n) is 6.26. The third-order valence-corrected chi connectivity index (χ3v) is 6.79. The minimum absolute atomic E-state index is 0.158. The molecule has 1 saturated carbocycles. The molecule has 6 heteroatoms. The summed E-state index contributed by atoms with van der Waals surface area (Å²) in [5.41, 5.74) is 1.89. The zero-order valence-electron chi connectivity index (χ0n) is 16.3. The molecule has 0 N–H and O–H groups in total. The highest BCUT2D eigenvalue weighted by Gasteiger charge is 2.56. The van der Waals surface area contributed by atoms with E-state index < -0.39 is 0 Å². The molecule has 30 heavy (non-hydrogen) atoms. The molecule has 2 bridgehead atoms. The van der Waals surface area contributed by atoms with Gasteiger partial charge in [-0.05, 0) is 72.2 Å². The summed E-state index contributed by atoms with van der Waals surface area (Å²) in [6, 6.07) is 15.4. The van der Waals surface area contributed by atoms with Gasteiger partial charge in [0.15, 0.2) is 0 Å². The molecule has 152 valence electrons. The molecule has 4 aliphatic rings. The van der Waals surface area contributed by atoms with E-state index in [0.717, 1.165) is 39.2 Å². The number of allylic oxidation sites excluding steroid dienone is 2. The minimum Gasteiger partial charge on any atom is -0.489 e. The molecule has 0 aromatic heterocycles. The van der Waals surface area contributed by atoms with Gasteiger partial charge in [0.1, 0.15) is 12.4 Å². The molecule has 0 unspecified atom stereocenters. The van der Waals surface area contributed by atoms with Crippen LogP contribution in [0, 0.1) is 23.7 Å². The number of amides is 2. The number of carbonyl (C=O) groups is 2. The topological polar surface area (TPSA) is 59.0 Å². The van der Waals surface area contributed by atoms with E-state index in [2.05, 4.69) is 33.2 Å². The third kappa shape index (κ3) is 3.49. The Hall–Kier alpha value is -2.73. The molecule has 5 nitrogen and oxygen atoms in total. The van der Waals surface area contributed by atoms with Crippen molar-refractivity contribution in [2.75, 3.05) is 0 Å². The van der Waals surface area contributed by atoms with Crippen LogP contribution in [-0.4, -0.2) is 23.0 Å². The Morgan fingerprint density at radius 1 is 0.933 bits per heavy atom. The number of ether oxygens (including phenoxy) is 1. The predicted molar refractivity (Wildman–Crippen MR) is 117 cm³/mol. The van der Waals surface area contributed by atoms with E-state index in [0.29, 0.717) is 6.61 Å². The highest BCUT2D eigenvalue weighted by atomic mass is 79.9. The zero-order valence-corrected chi connectivity index (χ0v) is 17.9. The second-order valence-electron chi connectivity index (χ2n) is 8.06. The van der Waals surface area contributed by atoms with Crippen LogP contribution in [0.25, 0.3) is 0 Å². The maximum absolute atomic E-state index is 12.8. The van der Waals surface area contributed by atoms with Crippen LogP contribution in [0.1, 0.15) is 24.0 Å². The Balaban J connectivity index is 1.23. The van der Waals surface area contributed by atoms with E-state index >= 15 is 0 Å². The highest BCUT2D eigenvalue weighted by molar-refractivity contribution is 9.10. The molecule has 2 amide bonds. The highest BCUT2D eigenvalue weighted by Crippen LogP contribution is 2.49. The summed E-state index contributed by atoms with van der Waals surface area (Å²) in [6.07, 6.45) is 7.77. The van der Waals surface area contributed by atoms with Gasteiger partial charge >= 0.3 is 0 Å². The zero-order chi connectivity index (χ0) is 20.7. The standard InChI is InChI=1S/C24H21BrN2O3/c25-19-9-1-16(2-10-19)14-30-20-11-3-15(4-12-20)13-26-27-23(28)21-17-5-6-18(8-7-17)22(21)24(27)29/h1-6,9-13,17-18,21-22H,7-8,14H2/b26-13-/t17-,18-,21-,22-/m0/s1. The first-order chi connectivity index (χ1) is 14.6. The van der Waals surface area contributed by atoms with Crippen molar-refractivity contribution >= 4 is 34.0 Å². The Morgan fingerprint density at radius 2 is 1.53 bits per heavy atom. The minimum atomic E-state index is -0.229. The molecule has 0 spiro atoms. The Morgan fingerprint density at radius 3 is 2.10 bits per heavy atom. The van der Waals surface area contributed by atoms with Crippen LogP contribution in [0.15, 0.2) is 70.3 Å². The van der Waals surface area contributed by atoms with E-state index in [9.17, 15) is 9.59 Å². The molecule has 1 heterocycles. The summed E-state index contributed by atoms with van der Waals surface area (Å²) in [4.78, 5) is 25.6. The van der Waals surface area contributed by atoms with Crippen LogP contribution in [0.4, 0.5) is 0 Å². The lowest BCUT2D eigenvalue weighted by atomic mass is 9.63. The number of imide groups is 1. The van der Waals surface area contributed by atoms with E-state index in [1.54, 1.807) is 6.21 Å². The number of benzene rings is 2. The normalized spacial score (nSPS) is 27.2. The molecule has 1 saturated heterocycles. The molecule has 0 radical (unpaired) electrons. The lowest BCUT2D eigenvalue weighted by molar-refractivity contribution is -0.140. The SMILES string of the molecule is O=C1[C@@H]2[C@@H](C(=O)N1/N=C\c1ccc(OCc3ccc(Br)cc3)cc1)[C@H]1C=C[C@H]2CC1. The molecular formula is C24H21BrN2O3. The number of halogens is 1. The van der Waals surface area contributed by atoms with Gasteiger partial charge in [-0.25, -0.2) is 0 Å². The van der Waals surface area contributed by atoms with E-state index in [1.165, 1.54) is 0 Å². The van der Waals surface area contributed by atoms with Crippen LogP contribution < -0.4 is 4.74 Å². The van der Waals surface area contributed by atoms with Gasteiger partial charge in [0.05, 0.1) is 18.1 Å². The van der Waals surface area contributed by atoms with E-state index in [1.807, 2.05) is 48.5 Å². The van der Waals surface area contributed by atoms with Crippen molar-refractivity contribution in [1.29, 1.82) is 0 Å². The van der Waals surface area contributed by atoms with Crippen molar-refractivity contribution in [3.05, 3.63) is 76.3 Å². The fraction of sp³-hybridized carbons (Fsp3) is 0.292. The molecular weight excluding hydrogens is 444 g/mol. The van der Waals surface area contributed by atoms with Gasteiger partial charge in [0.2, 0.25) is 0 Å². The Bertz CT molecular complexity index is 997. The van der Waals surface area contributed by atoms with Gasteiger partial charge in [-0.1, -0.05) is 40.2 Å². The lowest BCUT2D eigenvalue weighted by Gasteiger charge is -2.37. The summed E-state index contributed by atoms with van der Waals surface area (Å²) < 4.78 is 6.84. The van der Waals surface area contributed by atoms with Crippen molar-refractivity contribution in [1.82, 2.24) is 5.01 Å². The maximum atomic E-state index is 12.8. The van der Waals surface area contributed by atoms with Crippen molar-refractivity contribution in [3.8, 4) is 5.75 Å². The molecule has 2 aromatic rings. The lowest BCUT2D eigenvalue weighted by Crippen LogP contribution is -2.38. The number of hydrogen-bond donors (Lipinski definition) is 0. The number of fused-ring (bicyclic) bond motifs is 1. The Labute approximate surface area is 183 Å². The van der Waals surface area contributed by atoms with Crippen molar-refractivity contribution in [2.45, 2.75) is 19.4 Å². The van der Waals surface area contributed by atoms with E-state index in [4.69, 9.17) is 4.74 Å². The van der Waals surface area contributed by atoms with Crippen molar-refractivity contribution in [3.63, 3.8) is 0 Å². The average molecular weight is 465 g/mol. The largest absolute Gasteiger partial charge is 0.489 e. The van der Waals surface area contributed by atoms with Gasteiger partial charge in [-0.15, -0.1) is 0 Å². The second kappa shape index (κ2) is 7.84. The summed E-state index contributed by atoms with van der Waals surface area (Å²) in [5, 5.41) is 5.33. The molecule has 1 aliphatic heterocycles. The van der Waals surface area contributed by atoms with Crippen LogP contribution in [0.2, 0.25) is 0 Å². The number of carbonyl (C=O) groups excluding carboxylic acids is 2. The van der Waals surface area contributed by atoms with Crippen LogP contribution in [-0.2, 0) is 16.2 Å². The van der Waals surface area contributed by atoms with Gasteiger partial charge in [0, 0.05) is 4.47 Å². The number of nitrogens with zero attached hydrogens (tertiary/aromatic N) is 2. The molecule has 2 aromatic carbocycles. The predicted octanol–water partition coefficient (Wildman–Crippen LogP) is 4.56. The summed E-state index contributed by atoms with van der Waals surface area (Å²) in [7, 11) is 0. The summed E-state index contributed by atoms with van der Waals surface area (Å²) in [5.74, 6) is 0.333. The van der Waals surface area contributed by atoms with Crippen LogP contribution in [0.5, 0.6) is 5.75 Å². The van der Waals surface area contributed by atoms with Crippen molar-refractivity contribution in [2.24, 2.45) is 28.8 Å². The van der Waals surface area contributed by atoms with Gasteiger partial charge in [-0.3, -0.25) is 9.59 Å². The van der Waals surface area contributed by atoms with Crippen LogP contribution in [0.3, 0.4) is 0 Å². The smallest absolute Gasteiger partial charge is 0.254 e. The first-order valence-corrected chi connectivity index (χ1v) is 11.0. The van der Waals surface area contributed by atoms with E-state index in [-0.39, 0.29) is 35.5 Å². The quantitative estimate of drug-likeness (QED) is 0.370. The number of rotatable bonds is 5. The number of hydrogen-bond acceptors (Lipinski definition) is 4. The monoisotopic (exact) mass is 464 g/mol. The first kappa shape index (κ1) is 19.2. The molecule has 6 rings (SSSR count). The van der Waals surface area contributed by atoms with Crippen molar-refractivity contribution < 1.29 is 14.3 Å². The number of hydrazone groups is 1.